The third kappa shape index (κ3) is 20.5. The van der Waals surface area contributed by atoms with Crippen LogP contribution in [0.4, 0.5) is 0 Å². The van der Waals surface area contributed by atoms with Crippen molar-refractivity contribution in [3.05, 3.63) is 57.6 Å². The van der Waals surface area contributed by atoms with Crippen molar-refractivity contribution in [1.82, 2.24) is 0 Å². The van der Waals surface area contributed by atoms with E-state index in [1.165, 1.54) is 103 Å². The smallest absolute Gasteiger partial charge is 0.454 e. The lowest BCUT2D eigenvalue weighted by molar-refractivity contribution is 0.0488. The van der Waals surface area contributed by atoms with E-state index in [-0.39, 0.29) is 33.6 Å². The lowest BCUT2D eigenvalue weighted by atomic mass is 9.78. The van der Waals surface area contributed by atoms with E-state index in [2.05, 4.69) is 110 Å². The summed E-state index contributed by atoms with van der Waals surface area (Å²) >= 11 is 0. The Bertz CT molecular complexity index is 1470. The molecule has 0 amide bonds. The van der Waals surface area contributed by atoms with Gasteiger partial charge in [-0.05, 0) is 81.0 Å². The normalized spacial score (nSPS) is 12.7. The fraction of sp³-hybridized carbons (Fsp3) is 0.750. The molecule has 0 aliphatic rings. The summed E-state index contributed by atoms with van der Waals surface area (Å²) in [6.07, 6.45) is 24.7. The summed E-state index contributed by atoms with van der Waals surface area (Å²) < 4.78 is 26.3. The maximum Gasteiger partial charge on any atom is 0.454 e. The van der Waals surface area contributed by atoms with Crippen LogP contribution in [-0.4, -0.2) is 33.7 Å². The van der Waals surface area contributed by atoms with E-state index in [0.717, 1.165) is 59.4 Å². The molecule has 63 heavy (non-hydrogen) atoms. The monoisotopic (exact) mass is 893 g/mol. The minimum absolute atomic E-state index is 0.284. The molecular formula is C56H96O6Si. The van der Waals surface area contributed by atoms with Crippen LogP contribution in [0.5, 0.6) is 11.5 Å². The summed E-state index contributed by atoms with van der Waals surface area (Å²) in [4.78, 5) is 27.4. The predicted molar refractivity (Wildman–Crippen MR) is 271 cm³/mol. The van der Waals surface area contributed by atoms with E-state index in [0.29, 0.717) is 24.3 Å². The van der Waals surface area contributed by atoms with Gasteiger partial charge in [-0.3, -0.25) is 0 Å². The van der Waals surface area contributed by atoms with Crippen molar-refractivity contribution in [3.63, 3.8) is 0 Å². The first kappa shape index (κ1) is 56.3. The zero-order valence-electron chi connectivity index (χ0n) is 43.8. The van der Waals surface area contributed by atoms with Crippen molar-refractivity contribution in [2.75, 3.05) is 13.2 Å². The Balaban J connectivity index is 2.34. The van der Waals surface area contributed by atoms with E-state index in [1.54, 1.807) is 0 Å². The predicted octanol–water partition coefficient (Wildman–Crippen LogP) is 17.2. The number of carbonyl (C=O) groups excluding carboxylic acids is 2. The molecule has 0 atom stereocenters. The minimum atomic E-state index is -3.04. The van der Waals surface area contributed by atoms with Crippen molar-refractivity contribution >= 4 is 20.5 Å². The van der Waals surface area contributed by atoms with Crippen LogP contribution in [0.2, 0.25) is 13.1 Å². The number of esters is 2. The minimum Gasteiger partial charge on any atom is -0.512 e. The molecule has 0 saturated heterocycles. The second-order valence-corrected chi connectivity index (χ2v) is 26.2. The van der Waals surface area contributed by atoms with E-state index in [4.69, 9.17) is 18.3 Å². The van der Waals surface area contributed by atoms with Gasteiger partial charge in [0.25, 0.3) is 0 Å². The van der Waals surface area contributed by atoms with Crippen LogP contribution in [0, 0.1) is 0 Å². The number of rotatable bonds is 28. The van der Waals surface area contributed by atoms with E-state index >= 15 is 0 Å². The maximum atomic E-state index is 13.7. The van der Waals surface area contributed by atoms with Crippen LogP contribution in [0.3, 0.4) is 0 Å². The molecule has 0 aliphatic carbocycles. The molecule has 0 heterocycles. The van der Waals surface area contributed by atoms with E-state index < -0.39 is 8.56 Å². The molecule has 0 aromatic heterocycles. The quantitative estimate of drug-likeness (QED) is 0.0481. The first-order valence-electron chi connectivity index (χ1n) is 25.4. The van der Waals surface area contributed by atoms with Crippen molar-refractivity contribution < 1.29 is 27.9 Å². The fourth-order valence-corrected chi connectivity index (χ4v) is 9.59. The number of benzene rings is 2. The first-order chi connectivity index (χ1) is 29.3. The standard InChI is InChI=1S/C56H96O6Si/c1-17-19-21-23-25-27-29-31-33-35-37-59-51(57)43-39-45(53(3,4)5)49(46(40-43)54(6,7)8)61-63(15,16)62-50-47(55(9,10)11)41-44(42-48(50)56(12,13)14)52(58)60-38-36-34-32-30-28-26-24-22-20-18-2/h39-42H,17-38H2,1-16H3. The second-order valence-electron chi connectivity index (χ2n) is 23.0. The molecular weight excluding hydrogens is 797 g/mol. The Labute approximate surface area is 389 Å². The van der Waals surface area contributed by atoms with Gasteiger partial charge in [0.15, 0.2) is 0 Å². The summed E-state index contributed by atoms with van der Waals surface area (Å²) in [5, 5.41) is 0. The van der Waals surface area contributed by atoms with Gasteiger partial charge in [-0.15, -0.1) is 0 Å². The number of hydrogen-bond acceptors (Lipinski definition) is 6. The zero-order valence-corrected chi connectivity index (χ0v) is 44.8. The molecule has 0 unspecified atom stereocenters. The van der Waals surface area contributed by atoms with Gasteiger partial charge < -0.3 is 18.3 Å². The fourth-order valence-electron chi connectivity index (χ4n) is 8.13. The van der Waals surface area contributed by atoms with E-state index in [9.17, 15) is 9.59 Å². The molecule has 0 saturated carbocycles. The van der Waals surface area contributed by atoms with Crippen molar-refractivity contribution in [2.24, 2.45) is 0 Å². The number of hydrogen-bond donors (Lipinski definition) is 0. The van der Waals surface area contributed by atoms with Crippen molar-refractivity contribution in [1.29, 1.82) is 0 Å². The topological polar surface area (TPSA) is 71.1 Å². The highest BCUT2D eigenvalue weighted by Gasteiger charge is 2.39. The average molecular weight is 893 g/mol. The van der Waals surface area contributed by atoms with Crippen LogP contribution in [0.25, 0.3) is 0 Å². The number of ether oxygens (including phenoxy) is 2. The second kappa shape index (κ2) is 26.4. The van der Waals surface area contributed by atoms with Gasteiger partial charge in [0.05, 0.1) is 24.3 Å². The molecule has 2 aromatic rings. The largest absolute Gasteiger partial charge is 0.512 e. The van der Waals surface area contributed by atoms with Crippen LogP contribution in [0.1, 0.15) is 268 Å². The summed E-state index contributed by atoms with van der Waals surface area (Å²) in [5.41, 5.74) is 3.59. The molecule has 2 rings (SSSR count). The Morgan fingerprint density at radius 2 is 0.619 bits per heavy atom. The van der Waals surface area contributed by atoms with Gasteiger partial charge in [0, 0.05) is 13.1 Å². The highest BCUT2D eigenvalue weighted by atomic mass is 28.4. The van der Waals surface area contributed by atoms with Crippen molar-refractivity contribution in [3.8, 4) is 11.5 Å². The molecule has 6 nitrogen and oxygen atoms in total. The molecule has 7 heteroatoms. The van der Waals surface area contributed by atoms with Gasteiger partial charge in [0.1, 0.15) is 11.5 Å². The Hall–Kier alpha value is -2.80. The first-order valence-corrected chi connectivity index (χ1v) is 28.3. The molecule has 0 aliphatic heterocycles. The van der Waals surface area contributed by atoms with Gasteiger partial charge in [-0.2, -0.15) is 0 Å². The molecule has 0 N–H and O–H groups in total. The Kier molecular flexibility index (Phi) is 23.6. The van der Waals surface area contributed by atoms with Crippen LogP contribution in [0.15, 0.2) is 24.3 Å². The van der Waals surface area contributed by atoms with E-state index in [1.807, 2.05) is 24.3 Å². The Morgan fingerprint density at radius 3 is 0.841 bits per heavy atom. The number of carbonyl (C=O) groups is 2. The van der Waals surface area contributed by atoms with Gasteiger partial charge >= 0.3 is 20.5 Å². The zero-order chi connectivity index (χ0) is 47.5. The molecule has 0 fully saturated rings. The lowest BCUT2D eigenvalue weighted by Gasteiger charge is -2.37. The molecule has 2 aromatic carbocycles. The van der Waals surface area contributed by atoms with Crippen LogP contribution >= 0.6 is 0 Å². The average Bonchev–Trinajstić information content (AvgIpc) is 3.16. The molecule has 360 valence electrons. The summed E-state index contributed by atoms with van der Waals surface area (Å²) in [5.74, 6) is 0.986. The SMILES string of the molecule is CCCCCCCCCCCCOC(=O)c1cc(C(C)(C)C)c(O[Si](C)(C)Oc2c(C(C)(C)C)cc(C(=O)OCCCCCCCCCCCC)cc2C(C)(C)C)c(C(C)(C)C)c1. The summed E-state index contributed by atoms with van der Waals surface area (Å²) in [6, 6.07) is 7.92. The molecule has 0 spiro atoms. The van der Waals surface area contributed by atoms with Crippen LogP contribution in [-0.2, 0) is 31.1 Å². The number of unbranched alkanes of at least 4 members (excludes halogenated alkanes) is 18. The Morgan fingerprint density at radius 1 is 0.397 bits per heavy atom. The molecule has 0 bridgehead atoms. The summed E-state index contributed by atoms with van der Waals surface area (Å²) in [6.45, 7) is 35.6. The highest BCUT2D eigenvalue weighted by molar-refractivity contribution is 6.66. The van der Waals surface area contributed by atoms with Gasteiger partial charge in [-0.1, -0.05) is 213 Å². The van der Waals surface area contributed by atoms with Gasteiger partial charge in [0.2, 0.25) is 0 Å². The van der Waals surface area contributed by atoms with Crippen molar-refractivity contribution in [2.45, 2.75) is 260 Å². The third-order valence-corrected chi connectivity index (χ3v) is 13.4. The van der Waals surface area contributed by atoms with Crippen LogP contribution < -0.4 is 8.85 Å². The maximum absolute atomic E-state index is 13.7. The highest BCUT2D eigenvalue weighted by Crippen LogP contribution is 2.45. The van der Waals surface area contributed by atoms with Gasteiger partial charge in [-0.25, -0.2) is 9.59 Å². The lowest BCUT2D eigenvalue weighted by Crippen LogP contribution is -2.44. The summed E-state index contributed by atoms with van der Waals surface area (Å²) in [7, 11) is -3.04. The molecule has 0 radical (unpaired) electrons. The third-order valence-electron chi connectivity index (χ3n) is 12.0.